The zero-order valence-electron chi connectivity index (χ0n) is 17.2. The molecular formula is C24H33N3O. The van der Waals surface area contributed by atoms with E-state index in [-0.39, 0.29) is 17.4 Å². The Balaban J connectivity index is 1.65. The third kappa shape index (κ3) is 5.66. The number of carbonyl (C=O) groups is 1. The lowest BCUT2D eigenvalue weighted by molar-refractivity contribution is -0.133. The van der Waals surface area contributed by atoms with Gasteiger partial charge in [-0.15, -0.1) is 0 Å². The molecule has 28 heavy (non-hydrogen) atoms. The molecule has 1 unspecified atom stereocenters. The monoisotopic (exact) mass is 379 g/mol. The van der Waals surface area contributed by atoms with Gasteiger partial charge in [-0.3, -0.25) is 9.69 Å². The largest absolute Gasteiger partial charge is 0.337 e. The van der Waals surface area contributed by atoms with Crippen LogP contribution in [0.25, 0.3) is 0 Å². The lowest BCUT2D eigenvalue weighted by Crippen LogP contribution is -2.54. The summed E-state index contributed by atoms with van der Waals surface area (Å²) in [5.74, 6) is 0.200. The first-order valence-corrected chi connectivity index (χ1v) is 10.3. The number of piperidine rings is 1. The quantitative estimate of drug-likeness (QED) is 0.803. The second kappa shape index (κ2) is 9.35. The van der Waals surface area contributed by atoms with Crippen molar-refractivity contribution in [2.24, 2.45) is 11.1 Å². The topological polar surface area (TPSA) is 49.6 Å². The minimum Gasteiger partial charge on any atom is -0.337 e. The molecule has 1 heterocycles. The number of nitrogens with zero attached hydrogens (tertiary/aromatic N) is 2. The molecule has 0 saturated carbocycles. The van der Waals surface area contributed by atoms with Crippen LogP contribution in [0.4, 0.5) is 0 Å². The third-order valence-electron chi connectivity index (χ3n) is 5.83. The van der Waals surface area contributed by atoms with Crippen molar-refractivity contribution in [2.45, 2.75) is 39.3 Å². The molecule has 0 radical (unpaired) electrons. The smallest absolute Gasteiger partial charge is 0.237 e. The molecule has 4 heteroatoms. The summed E-state index contributed by atoms with van der Waals surface area (Å²) in [6.07, 6.45) is 1.82. The van der Waals surface area contributed by atoms with Gasteiger partial charge in [0.15, 0.2) is 0 Å². The second-order valence-corrected chi connectivity index (χ2v) is 8.63. The number of benzene rings is 2. The van der Waals surface area contributed by atoms with Crippen molar-refractivity contribution in [3.8, 4) is 0 Å². The zero-order valence-corrected chi connectivity index (χ0v) is 17.2. The summed E-state index contributed by atoms with van der Waals surface area (Å²) in [7, 11) is 0. The Hall–Kier alpha value is -2.17. The van der Waals surface area contributed by atoms with Crippen LogP contribution in [-0.2, 0) is 17.8 Å². The summed E-state index contributed by atoms with van der Waals surface area (Å²) in [5, 5.41) is 0. The summed E-state index contributed by atoms with van der Waals surface area (Å²) in [5.41, 5.74) is 8.74. The van der Waals surface area contributed by atoms with Crippen LogP contribution in [0.3, 0.4) is 0 Å². The van der Waals surface area contributed by atoms with Crippen LogP contribution in [0.5, 0.6) is 0 Å². The van der Waals surface area contributed by atoms with Crippen molar-refractivity contribution in [1.82, 2.24) is 9.80 Å². The normalized spacial score (nSPS) is 19.3. The number of amides is 1. The molecule has 0 aliphatic carbocycles. The van der Waals surface area contributed by atoms with Crippen LogP contribution in [0.2, 0.25) is 0 Å². The van der Waals surface area contributed by atoms with E-state index in [4.69, 9.17) is 5.73 Å². The highest BCUT2D eigenvalue weighted by atomic mass is 16.2. The number of hydrogen-bond acceptors (Lipinski definition) is 3. The van der Waals surface area contributed by atoms with E-state index in [1.807, 2.05) is 29.2 Å². The van der Waals surface area contributed by atoms with E-state index in [2.05, 4.69) is 55.1 Å². The minimum atomic E-state index is 0.0484. The van der Waals surface area contributed by atoms with E-state index in [0.29, 0.717) is 13.1 Å². The molecule has 1 aliphatic heterocycles. The predicted molar refractivity (Wildman–Crippen MR) is 115 cm³/mol. The van der Waals surface area contributed by atoms with Crippen molar-refractivity contribution >= 4 is 5.91 Å². The fraction of sp³-hybridized carbons (Fsp3) is 0.458. The van der Waals surface area contributed by atoms with E-state index < -0.39 is 0 Å². The maximum atomic E-state index is 13.2. The Kier molecular flexibility index (Phi) is 6.87. The molecule has 4 nitrogen and oxygen atoms in total. The summed E-state index contributed by atoms with van der Waals surface area (Å²) in [4.78, 5) is 17.5. The van der Waals surface area contributed by atoms with Gasteiger partial charge in [-0.1, -0.05) is 74.5 Å². The molecular weight excluding hydrogens is 346 g/mol. The molecule has 1 saturated heterocycles. The number of rotatable bonds is 7. The lowest BCUT2D eigenvalue weighted by Gasteiger charge is -2.42. The average Bonchev–Trinajstić information content (AvgIpc) is 2.69. The van der Waals surface area contributed by atoms with E-state index in [1.165, 1.54) is 11.1 Å². The highest BCUT2D eigenvalue weighted by Crippen LogP contribution is 2.27. The fourth-order valence-electron chi connectivity index (χ4n) is 3.92. The molecule has 3 rings (SSSR count). The molecule has 1 fully saturated rings. The molecule has 0 aromatic heterocycles. The van der Waals surface area contributed by atoms with Crippen LogP contribution in [0.1, 0.15) is 31.4 Å². The van der Waals surface area contributed by atoms with Crippen molar-refractivity contribution < 1.29 is 4.79 Å². The first kappa shape index (κ1) is 20.6. The number of hydrogen-bond donors (Lipinski definition) is 1. The standard InChI is InChI=1S/C24H33N3O/c1-24(2)19-26(15-14-22(24)25)18-23(28)27(17-21-11-7-4-8-12-21)16-13-20-9-5-3-6-10-20/h3-12,22H,13-19,25H2,1-2H3. The van der Waals surface area contributed by atoms with E-state index in [1.54, 1.807) is 0 Å². The molecule has 2 N–H and O–H groups in total. The van der Waals surface area contributed by atoms with Gasteiger partial charge in [-0.25, -0.2) is 0 Å². The summed E-state index contributed by atoms with van der Waals surface area (Å²) >= 11 is 0. The molecule has 2 aromatic rings. The Morgan fingerprint density at radius 1 is 1.07 bits per heavy atom. The van der Waals surface area contributed by atoms with Crippen LogP contribution >= 0.6 is 0 Å². The fourth-order valence-corrected chi connectivity index (χ4v) is 3.92. The lowest BCUT2D eigenvalue weighted by atomic mass is 9.80. The Labute approximate surface area is 169 Å². The van der Waals surface area contributed by atoms with Crippen molar-refractivity contribution in [1.29, 1.82) is 0 Å². The molecule has 0 spiro atoms. The summed E-state index contributed by atoms with van der Waals surface area (Å²) in [6.45, 7) is 8.03. The Bertz CT molecular complexity index is 745. The Morgan fingerprint density at radius 2 is 1.68 bits per heavy atom. The average molecular weight is 380 g/mol. The minimum absolute atomic E-state index is 0.0484. The van der Waals surface area contributed by atoms with Crippen LogP contribution < -0.4 is 5.73 Å². The molecule has 150 valence electrons. The van der Waals surface area contributed by atoms with Gasteiger partial charge in [-0.05, 0) is 29.4 Å². The van der Waals surface area contributed by atoms with Gasteiger partial charge in [0.25, 0.3) is 0 Å². The van der Waals surface area contributed by atoms with Crippen LogP contribution in [0, 0.1) is 5.41 Å². The summed E-state index contributed by atoms with van der Waals surface area (Å²) < 4.78 is 0. The van der Waals surface area contributed by atoms with Gasteiger partial charge < -0.3 is 10.6 Å². The highest BCUT2D eigenvalue weighted by molar-refractivity contribution is 5.78. The molecule has 2 aromatic carbocycles. The van der Waals surface area contributed by atoms with E-state index in [9.17, 15) is 4.79 Å². The first-order valence-electron chi connectivity index (χ1n) is 10.3. The van der Waals surface area contributed by atoms with Crippen LogP contribution in [0.15, 0.2) is 60.7 Å². The highest BCUT2D eigenvalue weighted by Gasteiger charge is 2.34. The number of carbonyl (C=O) groups excluding carboxylic acids is 1. The molecule has 1 amide bonds. The SMILES string of the molecule is CC1(C)CN(CC(=O)N(CCc2ccccc2)Cc2ccccc2)CCC1N. The second-order valence-electron chi connectivity index (χ2n) is 8.63. The van der Waals surface area contributed by atoms with Crippen LogP contribution in [-0.4, -0.2) is 47.9 Å². The predicted octanol–water partition coefficient (Wildman–Crippen LogP) is 3.32. The van der Waals surface area contributed by atoms with Gasteiger partial charge in [0.1, 0.15) is 0 Å². The van der Waals surface area contributed by atoms with Crippen molar-refractivity contribution in [3.63, 3.8) is 0 Å². The van der Waals surface area contributed by atoms with Gasteiger partial charge in [0, 0.05) is 32.2 Å². The van der Waals surface area contributed by atoms with Gasteiger partial charge in [0.2, 0.25) is 5.91 Å². The number of nitrogens with two attached hydrogens (primary N) is 1. The first-order chi connectivity index (χ1) is 13.4. The van der Waals surface area contributed by atoms with Gasteiger partial charge in [0.05, 0.1) is 6.54 Å². The maximum Gasteiger partial charge on any atom is 0.237 e. The molecule has 1 atom stereocenters. The number of likely N-dealkylation sites (tertiary alicyclic amines) is 1. The zero-order chi connectivity index (χ0) is 20.0. The molecule has 1 aliphatic rings. The van der Waals surface area contributed by atoms with Crippen molar-refractivity contribution in [3.05, 3.63) is 71.8 Å². The van der Waals surface area contributed by atoms with Crippen molar-refractivity contribution in [2.75, 3.05) is 26.2 Å². The Morgan fingerprint density at radius 3 is 2.29 bits per heavy atom. The molecule has 0 bridgehead atoms. The third-order valence-corrected chi connectivity index (χ3v) is 5.83. The van der Waals surface area contributed by atoms with Gasteiger partial charge >= 0.3 is 0 Å². The van der Waals surface area contributed by atoms with Gasteiger partial charge in [-0.2, -0.15) is 0 Å². The summed E-state index contributed by atoms with van der Waals surface area (Å²) in [6, 6.07) is 20.8. The van der Waals surface area contributed by atoms with E-state index >= 15 is 0 Å². The maximum absolute atomic E-state index is 13.2. The van der Waals surface area contributed by atoms with E-state index in [0.717, 1.165) is 32.5 Å².